The van der Waals surface area contributed by atoms with Crippen molar-refractivity contribution < 1.29 is 14.0 Å². The molecule has 3 aromatic rings. The number of anilines is 1. The lowest BCUT2D eigenvalue weighted by molar-refractivity contribution is -0.120. The molecular formula is C23H19FN2O2. The predicted molar refractivity (Wildman–Crippen MR) is 105 cm³/mol. The Balaban J connectivity index is 1.69. The summed E-state index contributed by atoms with van der Waals surface area (Å²) in [6.45, 7) is 2.09. The molecule has 2 amide bonds. The summed E-state index contributed by atoms with van der Waals surface area (Å²) in [5, 5.41) is 2.86. The summed E-state index contributed by atoms with van der Waals surface area (Å²) in [7, 11) is 0. The highest BCUT2D eigenvalue weighted by molar-refractivity contribution is 6.04. The molecule has 4 rings (SSSR count). The van der Waals surface area contributed by atoms with Crippen molar-refractivity contribution in [3.63, 3.8) is 0 Å². The Morgan fingerprint density at radius 3 is 2.46 bits per heavy atom. The lowest BCUT2D eigenvalue weighted by atomic mass is 10.0. The minimum Gasteiger partial charge on any atom is -0.324 e. The van der Waals surface area contributed by atoms with E-state index >= 15 is 0 Å². The first-order valence-electron chi connectivity index (χ1n) is 9.05. The molecule has 0 spiro atoms. The van der Waals surface area contributed by atoms with Gasteiger partial charge in [-0.25, -0.2) is 4.39 Å². The minimum atomic E-state index is -0.787. The largest absolute Gasteiger partial charge is 0.324 e. The molecule has 3 aromatic carbocycles. The number of carbonyl (C=O) groups is 2. The van der Waals surface area contributed by atoms with Crippen LogP contribution in [0.15, 0.2) is 72.8 Å². The molecule has 1 N–H and O–H groups in total. The number of hydrogen-bond donors (Lipinski definition) is 1. The standard InChI is InChI=1S/C23H19FN2O2/c1-15-13-18(24)11-12-20(15)25-22(27)21(16-7-3-2-4-8-16)26-14-17-9-5-6-10-19(17)23(26)28/h2-13,21H,14H2,1H3,(H,25,27)/t21-/m0/s1. The number of halogens is 1. The van der Waals surface area contributed by atoms with Crippen LogP contribution in [0.4, 0.5) is 10.1 Å². The van der Waals surface area contributed by atoms with Gasteiger partial charge in [-0.05, 0) is 47.9 Å². The fourth-order valence-electron chi connectivity index (χ4n) is 3.56. The summed E-state index contributed by atoms with van der Waals surface area (Å²) in [5.74, 6) is -0.863. The average Bonchev–Trinajstić information content (AvgIpc) is 3.02. The summed E-state index contributed by atoms with van der Waals surface area (Å²) < 4.78 is 13.4. The van der Waals surface area contributed by atoms with Gasteiger partial charge in [-0.15, -0.1) is 0 Å². The van der Waals surface area contributed by atoms with Gasteiger partial charge in [-0.2, -0.15) is 0 Å². The summed E-state index contributed by atoms with van der Waals surface area (Å²) in [4.78, 5) is 27.8. The highest BCUT2D eigenvalue weighted by atomic mass is 19.1. The van der Waals surface area contributed by atoms with Crippen molar-refractivity contribution in [1.82, 2.24) is 4.90 Å². The smallest absolute Gasteiger partial charge is 0.255 e. The first kappa shape index (κ1) is 17.9. The van der Waals surface area contributed by atoms with Gasteiger partial charge in [0.25, 0.3) is 11.8 Å². The number of carbonyl (C=O) groups excluding carboxylic acids is 2. The quantitative estimate of drug-likeness (QED) is 0.732. The Morgan fingerprint density at radius 1 is 1.04 bits per heavy atom. The van der Waals surface area contributed by atoms with Crippen LogP contribution in [0.25, 0.3) is 0 Å². The van der Waals surface area contributed by atoms with Gasteiger partial charge in [0.2, 0.25) is 0 Å². The van der Waals surface area contributed by atoms with E-state index in [0.29, 0.717) is 23.4 Å². The molecule has 5 heteroatoms. The SMILES string of the molecule is Cc1cc(F)ccc1NC(=O)[C@H](c1ccccc1)N1Cc2ccccc2C1=O. The van der Waals surface area contributed by atoms with Crippen LogP contribution in [-0.4, -0.2) is 16.7 Å². The van der Waals surface area contributed by atoms with E-state index in [9.17, 15) is 14.0 Å². The third kappa shape index (κ3) is 3.27. The molecule has 0 bridgehead atoms. The molecule has 1 atom stereocenters. The van der Waals surface area contributed by atoms with Crippen molar-refractivity contribution in [2.75, 3.05) is 5.32 Å². The zero-order valence-corrected chi connectivity index (χ0v) is 15.4. The number of hydrogen-bond acceptors (Lipinski definition) is 2. The molecule has 0 aromatic heterocycles. The van der Waals surface area contributed by atoms with Gasteiger partial charge in [0.05, 0.1) is 0 Å². The Hall–Kier alpha value is -3.47. The van der Waals surface area contributed by atoms with E-state index in [4.69, 9.17) is 0 Å². The normalized spacial score (nSPS) is 13.9. The lowest BCUT2D eigenvalue weighted by Crippen LogP contribution is -2.37. The Kier molecular flexibility index (Phi) is 4.65. The van der Waals surface area contributed by atoms with Crippen LogP contribution in [0.3, 0.4) is 0 Å². The second-order valence-corrected chi connectivity index (χ2v) is 6.85. The van der Waals surface area contributed by atoms with Gasteiger partial charge in [-0.1, -0.05) is 48.5 Å². The van der Waals surface area contributed by atoms with Crippen molar-refractivity contribution in [2.45, 2.75) is 19.5 Å². The maximum absolute atomic E-state index is 13.4. The zero-order chi connectivity index (χ0) is 19.7. The molecule has 0 radical (unpaired) electrons. The number of rotatable bonds is 4. The highest BCUT2D eigenvalue weighted by Crippen LogP contribution is 2.32. The fraction of sp³-hybridized carbons (Fsp3) is 0.130. The van der Waals surface area contributed by atoms with Crippen LogP contribution in [0.1, 0.15) is 33.1 Å². The van der Waals surface area contributed by atoms with Crippen molar-refractivity contribution >= 4 is 17.5 Å². The number of amides is 2. The van der Waals surface area contributed by atoms with Crippen molar-refractivity contribution in [1.29, 1.82) is 0 Å². The van der Waals surface area contributed by atoms with Crippen LogP contribution < -0.4 is 5.32 Å². The van der Waals surface area contributed by atoms with Crippen molar-refractivity contribution in [3.05, 3.63) is 101 Å². The summed E-state index contributed by atoms with van der Waals surface area (Å²) in [6.07, 6.45) is 0. The number of fused-ring (bicyclic) bond motifs is 1. The van der Waals surface area contributed by atoms with Gasteiger partial charge >= 0.3 is 0 Å². The zero-order valence-electron chi connectivity index (χ0n) is 15.4. The molecule has 0 fully saturated rings. The average molecular weight is 374 g/mol. The van der Waals surface area contributed by atoms with Crippen molar-refractivity contribution in [2.24, 2.45) is 0 Å². The second kappa shape index (κ2) is 7.27. The van der Waals surface area contributed by atoms with E-state index in [-0.39, 0.29) is 17.6 Å². The van der Waals surface area contributed by atoms with Crippen LogP contribution in [0, 0.1) is 12.7 Å². The number of aryl methyl sites for hydroxylation is 1. The van der Waals surface area contributed by atoms with Crippen LogP contribution in [0.5, 0.6) is 0 Å². The highest BCUT2D eigenvalue weighted by Gasteiger charge is 2.37. The molecule has 1 aliphatic rings. The summed E-state index contributed by atoms with van der Waals surface area (Å²) >= 11 is 0. The maximum atomic E-state index is 13.4. The molecular weight excluding hydrogens is 355 g/mol. The Labute approximate surface area is 162 Å². The van der Waals surface area contributed by atoms with Crippen LogP contribution >= 0.6 is 0 Å². The molecule has 0 aliphatic carbocycles. The van der Waals surface area contributed by atoms with E-state index in [1.807, 2.05) is 48.5 Å². The summed E-state index contributed by atoms with van der Waals surface area (Å²) in [6, 6.07) is 20.0. The summed E-state index contributed by atoms with van der Waals surface area (Å²) in [5.41, 5.74) is 3.39. The first-order chi connectivity index (χ1) is 13.5. The van der Waals surface area contributed by atoms with Gasteiger partial charge in [0.15, 0.2) is 0 Å². The van der Waals surface area contributed by atoms with E-state index in [1.54, 1.807) is 17.9 Å². The topological polar surface area (TPSA) is 49.4 Å². The molecule has 1 heterocycles. The molecule has 0 saturated heterocycles. The van der Waals surface area contributed by atoms with E-state index < -0.39 is 6.04 Å². The van der Waals surface area contributed by atoms with E-state index in [1.165, 1.54) is 18.2 Å². The maximum Gasteiger partial charge on any atom is 0.255 e. The van der Waals surface area contributed by atoms with Crippen LogP contribution in [-0.2, 0) is 11.3 Å². The Bertz CT molecular complexity index is 1050. The molecule has 0 saturated carbocycles. The molecule has 0 unspecified atom stereocenters. The number of benzene rings is 3. The fourth-order valence-corrected chi connectivity index (χ4v) is 3.56. The molecule has 28 heavy (non-hydrogen) atoms. The van der Waals surface area contributed by atoms with E-state index in [2.05, 4.69) is 5.32 Å². The van der Waals surface area contributed by atoms with Crippen molar-refractivity contribution in [3.8, 4) is 0 Å². The third-order valence-corrected chi connectivity index (χ3v) is 4.97. The van der Waals surface area contributed by atoms with Crippen LogP contribution in [0.2, 0.25) is 0 Å². The first-order valence-corrected chi connectivity index (χ1v) is 9.05. The minimum absolute atomic E-state index is 0.171. The second-order valence-electron chi connectivity index (χ2n) is 6.85. The number of nitrogens with one attached hydrogen (secondary N) is 1. The van der Waals surface area contributed by atoms with Gasteiger partial charge < -0.3 is 10.2 Å². The number of nitrogens with zero attached hydrogens (tertiary/aromatic N) is 1. The predicted octanol–water partition coefficient (Wildman–Crippen LogP) is 4.47. The lowest BCUT2D eigenvalue weighted by Gasteiger charge is -2.27. The molecule has 4 nitrogen and oxygen atoms in total. The van der Waals surface area contributed by atoms with Gasteiger partial charge in [0, 0.05) is 17.8 Å². The monoisotopic (exact) mass is 374 g/mol. The molecule has 140 valence electrons. The van der Waals surface area contributed by atoms with Gasteiger partial charge in [0.1, 0.15) is 11.9 Å². The van der Waals surface area contributed by atoms with E-state index in [0.717, 1.165) is 11.1 Å². The Morgan fingerprint density at radius 2 is 1.75 bits per heavy atom. The third-order valence-electron chi connectivity index (χ3n) is 4.97. The molecule has 1 aliphatic heterocycles. The van der Waals surface area contributed by atoms with Gasteiger partial charge in [-0.3, -0.25) is 9.59 Å².